The maximum absolute atomic E-state index is 12.3. The van der Waals surface area contributed by atoms with Gasteiger partial charge in [0.05, 0.1) is 13.2 Å². The topological polar surface area (TPSA) is 169 Å². The second kappa shape index (κ2) is 42.1. The largest absolute Gasteiger partial charge is 0.480 e. The molecule has 3 atom stereocenters. The molecule has 1 amide bonds. The monoisotopic (exact) mass is 860 g/mol. The maximum Gasteiger partial charge on any atom is 0.472 e. The van der Waals surface area contributed by atoms with Crippen molar-refractivity contribution >= 4 is 25.7 Å². The minimum absolute atomic E-state index is 0.104. The Bertz CT molecular complexity index is 1380. The van der Waals surface area contributed by atoms with Crippen molar-refractivity contribution in [3.63, 3.8) is 0 Å². The molecule has 4 N–H and O–H groups in total. The molecule has 0 fully saturated rings. The van der Waals surface area contributed by atoms with Crippen molar-refractivity contribution in [1.29, 1.82) is 0 Å². The van der Waals surface area contributed by atoms with Gasteiger partial charge in [-0.25, -0.2) is 9.36 Å². The summed E-state index contributed by atoms with van der Waals surface area (Å²) >= 11 is 0. The molecule has 0 saturated heterocycles. The number of esters is 1. The molecule has 0 saturated carbocycles. The summed E-state index contributed by atoms with van der Waals surface area (Å²) < 4.78 is 26.8. The number of phosphoric acid groups is 1. The van der Waals surface area contributed by atoms with Gasteiger partial charge in [-0.05, 0) is 89.9 Å². The Balaban J connectivity index is 3.93. The van der Waals surface area contributed by atoms with E-state index >= 15 is 0 Å². The molecule has 0 spiro atoms. The lowest BCUT2D eigenvalue weighted by atomic mass is 10.1. The van der Waals surface area contributed by atoms with Gasteiger partial charge in [0.25, 0.3) is 0 Å². The number of unbranched alkanes of at least 4 members (excludes halogenated alkanes) is 10. The van der Waals surface area contributed by atoms with Crippen LogP contribution in [0.25, 0.3) is 0 Å². The Morgan fingerprint density at radius 3 is 1.38 bits per heavy atom. The molecule has 0 aliphatic carbocycles. The minimum atomic E-state index is -4.77. The number of carboxylic acid groups (broad SMARTS) is 1. The van der Waals surface area contributed by atoms with Gasteiger partial charge in [-0.1, -0.05) is 150 Å². The molecule has 0 heterocycles. The fourth-order valence-corrected chi connectivity index (χ4v) is 6.24. The van der Waals surface area contributed by atoms with Crippen molar-refractivity contribution in [3.05, 3.63) is 97.2 Å². The van der Waals surface area contributed by atoms with Crippen LogP contribution in [0.15, 0.2) is 97.2 Å². The molecule has 0 rings (SSSR count). The number of rotatable bonds is 40. The van der Waals surface area contributed by atoms with Crippen molar-refractivity contribution < 1.29 is 47.8 Å². The number of carbonyl (C=O) groups is 3. The van der Waals surface area contributed by atoms with Crippen LogP contribution in [0.5, 0.6) is 0 Å². The Morgan fingerprint density at radius 2 is 0.917 bits per heavy atom. The van der Waals surface area contributed by atoms with Crippen LogP contribution >= 0.6 is 7.82 Å². The summed E-state index contributed by atoms with van der Waals surface area (Å²) in [6, 6.07) is -1.57. The van der Waals surface area contributed by atoms with E-state index in [4.69, 9.17) is 13.8 Å². The van der Waals surface area contributed by atoms with Crippen LogP contribution in [-0.2, 0) is 32.7 Å². The summed E-state index contributed by atoms with van der Waals surface area (Å²) in [6.45, 7) is 2.31. The van der Waals surface area contributed by atoms with E-state index in [1.807, 2.05) is 0 Å². The molecule has 0 radical (unpaired) electrons. The first kappa shape index (κ1) is 56.4. The molecule has 0 aromatic carbocycles. The van der Waals surface area contributed by atoms with Gasteiger partial charge in [-0.2, -0.15) is 0 Å². The third-order valence-corrected chi connectivity index (χ3v) is 9.82. The van der Waals surface area contributed by atoms with Crippen molar-refractivity contribution in [1.82, 2.24) is 5.32 Å². The number of nitrogens with one attached hydrogen (secondary N) is 1. The highest BCUT2D eigenvalue weighted by Gasteiger charge is 2.28. The predicted molar refractivity (Wildman–Crippen MR) is 244 cm³/mol. The van der Waals surface area contributed by atoms with Crippen LogP contribution < -0.4 is 5.32 Å². The van der Waals surface area contributed by atoms with Crippen molar-refractivity contribution in [2.45, 2.75) is 167 Å². The quantitative estimate of drug-likeness (QED) is 0.0201. The molecule has 12 heteroatoms. The second-order valence-electron chi connectivity index (χ2n) is 14.5. The fourth-order valence-electron chi connectivity index (χ4n) is 5.47. The van der Waals surface area contributed by atoms with E-state index in [1.54, 1.807) is 0 Å². The summed E-state index contributed by atoms with van der Waals surface area (Å²) in [5, 5.41) is 21.8. The van der Waals surface area contributed by atoms with Crippen LogP contribution in [0.1, 0.15) is 155 Å². The number of amides is 1. The number of carboxylic acids is 1. The third-order valence-electron chi connectivity index (χ3n) is 8.87. The Kier molecular flexibility index (Phi) is 39.6. The smallest absolute Gasteiger partial charge is 0.472 e. The molecule has 0 aliphatic heterocycles. The average molecular weight is 860 g/mol. The van der Waals surface area contributed by atoms with Crippen LogP contribution in [0.3, 0.4) is 0 Å². The van der Waals surface area contributed by atoms with Gasteiger partial charge < -0.3 is 25.2 Å². The SMILES string of the molecule is CC/C=C\C/C=C\C/C=C\C/C=C\C/C=C\CCCCCCCCCC(=O)OCC(O)COP(=O)(O)OCC(NC(=O)CCCCC/C=C\C/C=C\C/C=C\CC)C(=O)O. The van der Waals surface area contributed by atoms with E-state index in [0.717, 1.165) is 109 Å². The molecule has 3 unspecified atom stereocenters. The van der Waals surface area contributed by atoms with Gasteiger partial charge in [-0.15, -0.1) is 0 Å². The number of aliphatic hydroxyl groups is 1. The molecule has 0 aromatic heterocycles. The number of ether oxygens (including phenoxy) is 1. The summed E-state index contributed by atoms with van der Waals surface area (Å²) in [6.07, 6.45) is 53.0. The second-order valence-corrected chi connectivity index (χ2v) is 15.9. The van der Waals surface area contributed by atoms with Crippen molar-refractivity contribution in [3.8, 4) is 0 Å². The van der Waals surface area contributed by atoms with Crippen LogP contribution in [-0.4, -0.2) is 64.9 Å². The summed E-state index contributed by atoms with van der Waals surface area (Å²) in [7, 11) is -4.77. The number of hydrogen-bond donors (Lipinski definition) is 4. The van der Waals surface area contributed by atoms with Crippen molar-refractivity contribution in [2.24, 2.45) is 0 Å². The Labute approximate surface area is 362 Å². The third kappa shape index (κ3) is 41.1. The first-order valence-electron chi connectivity index (χ1n) is 22.3. The number of carbonyl (C=O) groups excluding carboxylic acids is 2. The molecule has 0 aliphatic rings. The number of hydrogen-bond acceptors (Lipinski definition) is 8. The first-order valence-corrected chi connectivity index (χ1v) is 23.8. The van der Waals surface area contributed by atoms with Gasteiger partial charge in [0.15, 0.2) is 6.04 Å². The lowest BCUT2D eigenvalue weighted by Crippen LogP contribution is -2.43. The molecule has 0 aromatic rings. The van der Waals surface area contributed by atoms with Crippen LogP contribution in [0.4, 0.5) is 0 Å². The highest BCUT2D eigenvalue weighted by molar-refractivity contribution is 7.47. The summed E-state index contributed by atoms with van der Waals surface area (Å²) in [5.74, 6) is -2.44. The lowest BCUT2D eigenvalue weighted by molar-refractivity contribution is -0.147. The Hall–Kier alpha value is -3.60. The number of aliphatic carboxylic acids is 1. The zero-order chi connectivity index (χ0) is 44.2. The lowest BCUT2D eigenvalue weighted by Gasteiger charge is -2.18. The van der Waals surface area contributed by atoms with Gasteiger partial charge in [0.1, 0.15) is 12.7 Å². The molecule has 0 bridgehead atoms. The van der Waals surface area contributed by atoms with Gasteiger partial charge in [0.2, 0.25) is 5.91 Å². The fraction of sp³-hybridized carbons (Fsp3) is 0.604. The van der Waals surface area contributed by atoms with Crippen molar-refractivity contribution in [2.75, 3.05) is 19.8 Å². The highest BCUT2D eigenvalue weighted by Crippen LogP contribution is 2.43. The van der Waals surface area contributed by atoms with Gasteiger partial charge in [-0.3, -0.25) is 18.6 Å². The van der Waals surface area contributed by atoms with Crippen LogP contribution in [0, 0.1) is 0 Å². The van der Waals surface area contributed by atoms with Gasteiger partial charge >= 0.3 is 19.8 Å². The van der Waals surface area contributed by atoms with E-state index in [9.17, 15) is 34.1 Å². The zero-order valence-electron chi connectivity index (χ0n) is 36.7. The highest BCUT2D eigenvalue weighted by atomic mass is 31.2. The first-order chi connectivity index (χ1) is 29.1. The molecular formula is C48H78NO10P. The molecule has 11 nitrogen and oxygen atoms in total. The normalized spacial score (nSPS) is 14.6. The van der Waals surface area contributed by atoms with Gasteiger partial charge in [0, 0.05) is 12.8 Å². The van der Waals surface area contributed by atoms with E-state index in [-0.39, 0.29) is 12.8 Å². The summed E-state index contributed by atoms with van der Waals surface area (Å²) in [5.41, 5.74) is 0. The van der Waals surface area contributed by atoms with Crippen LogP contribution in [0.2, 0.25) is 0 Å². The van der Waals surface area contributed by atoms with E-state index in [0.29, 0.717) is 12.8 Å². The standard InChI is InChI=1S/C48H78NO10P/c1-3-5-7-9-11-13-15-17-18-19-20-21-22-23-24-25-26-28-30-32-34-36-38-40-47(52)57-41-44(50)42-58-60(55,56)59-43-45(48(53)54)49-46(51)39-37-35-33-31-29-27-16-14-12-10-8-6-4-2/h5-8,11-14,17-18,20-21,23-24,27,29,44-45,50H,3-4,9-10,15-16,19,22,25-26,28,30-43H2,1-2H3,(H,49,51)(H,53,54)(H,55,56)/b7-5-,8-6-,13-11-,14-12-,18-17-,21-20-,24-23-,29-27-. The maximum atomic E-state index is 12.3. The van der Waals surface area contributed by atoms with E-state index in [1.165, 1.54) is 6.42 Å². The van der Waals surface area contributed by atoms with E-state index < -0.39 is 57.6 Å². The minimum Gasteiger partial charge on any atom is -0.480 e. The molecule has 340 valence electrons. The van der Waals surface area contributed by atoms with E-state index in [2.05, 4.69) is 116 Å². The number of allylic oxidation sites excluding steroid dienone is 16. The average Bonchev–Trinajstić information content (AvgIpc) is 3.22. The molecular weight excluding hydrogens is 781 g/mol. The summed E-state index contributed by atoms with van der Waals surface area (Å²) in [4.78, 5) is 45.9. The zero-order valence-corrected chi connectivity index (χ0v) is 37.6. The number of aliphatic hydroxyl groups excluding tert-OH is 1. The molecule has 60 heavy (non-hydrogen) atoms. The predicted octanol–water partition coefficient (Wildman–Crippen LogP) is 11.7. The number of phosphoric ester groups is 1. The Morgan fingerprint density at radius 1 is 0.533 bits per heavy atom.